The molecule has 0 spiro atoms. The van der Waals surface area contributed by atoms with Crippen LogP contribution in [0.5, 0.6) is 5.75 Å². The van der Waals surface area contributed by atoms with Gasteiger partial charge >= 0.3 is 0 Å². The fraction of sp³-hybridized carbons (Fsp3) is 0.444. The quantitative estimate of drug-likeness (QED) is 0.760. The summed E-state index contributed by atoms with van der Waals surface area (Å²) in [5.74, 6) is 0.701. The number of fused-ring (bicyclic) bond motifs is 1. The first-order chi connectivity index (χ1) is 11.5. The van der Waals surface area contributed by atoms with Crippen molar-refractivity contribution in [2.45, 2.75) is 32.2 Å². The monoisotopic (exact) mass is 364 g/mol. The van der Waals surface area contributed by atoms with Gasteiger partial charge in [0.2, 0.25) is 0 Å². The van der Waals surface area contributed by atoms with Gasteiger partial charge in [-0.3, -0.25) is 9.89 Å². The van der Waals surface area contributed by atoms with E-state index in [1.165, 1.54) is 0 Å². The standard InChI is InChI=1S/C18H24N4O2.ClH/c1-18(2,12-4-6-13(24-3)7-5-12)11-20-17(23)16-14-10-19-9-8-15(14)21-22-16;/h4-7,19H,8-11H2,1-3H3,(H,20,23)(H,21,22);1H. The third-order valence-corrected chi connectivity index (χ3v) is 4.58. The van der Waals surface area contributed by atoms with Crippen LogP contribution in [0.25, 0.3) is 0 Å². The minimum absolute atomic E-state index is 0. The molecule has 0 atom stereocenters. The minimum atomic E-state index is -0.184. The van der Waals surface area contributed by atoms with Crippen molar-refractivity contribution >= 4 is 18.3 Å². The van der Waals surface area contributed by atoms with Crippen molar-refractivity contribution < 1.29 is 9.53 Å². The maximum atomic E-state index is 12.5. The van der Waals surface area contributed by atoms with Gasteiger partial charge in [-0.2, -0.15) is 5.10 Å². The summed E-state index contributed by atoms with van der Waals surface area (Å²) in [5, 5.41) is 13.5. The number of amides is 1. The zero-order valence-corrected chi connectivity index (χ0v) is 15.6. The fourth-order valence-corrected chi connectivity index (χ4v) is 2.94. The first-order valence-corrected chi connectivity index (χ1v) is 8.21. The van der Waals surface area contributed by atoms with Crippen LogP contribution in [-0.2, 0) is 18.4 Å². The molecule has 0 bridgehead atoms. The van der Waals surface area contributed by atoms with Crippen LogP contribution >= 0.6 is 12.4 Å². The molecule has 2 aromatic rings. The van der Waals surface area contributed by atoms with E-state index in [9.17, 15) is 4.79 Å². The average molecular weight is 365 g/mol. The molecule has 1 aromatic carbocycles. The molecule has 0 unspecified atom stereocenters. The molecule has 7 heteroatoms. The van der Waals surface area contributed by atoms with Crippen LogP contribution in [0, 0.1) is 0 Å². The van der Waals surface area contributed by atoms with E-state index < -0.39 is 0 Å². The average Bonchev–Trinajstić information content (AvgIpc) is 3.04. The summed E-state index contributed by atoms with van der Waals surface area (Å²) in [6.45, 7) is 6.36. The van der Waals surface area contributed by atoms with Crippen molar-refractivity contribution in [2.24, 2.45) is 0 Å². The Morgan fingerprint density at radius 1 is 1.32 bits per heavy atom. The molecule has 0 radical (unpaired) electrons. The number of aromatic nitrogens is 2. The van der Waals surface area contributed by atoms with Gasteiger partial charge in [0.1, 0.15) is 5.75 Å². The predicted molar refractivity (Wildman–Crippen MR) is 99.6 cm³/mol. The number of benzene rings is 1. The number of methoxy groups -OCH3 is 1. The molecule has 1 aromatic heterocycles. The van der Waals surface area contributed by atoms with Crippen molar-refractivity contribution in [3.05, 3.63) is 46.8 Å². The van der Waals surface area contributed by atoms with Gasteiger partial charge in [0.25, 0.3) is 5.91 Å². The second kappa shape index (κ2) is 7.89. The van der Waals surface area contributed by atoms with Crippen LogP contribution in [0.2, 0.25) is 0 Å². The summed E-state index contributed by atoms with van der Waals surface area (Å²) >= 11 is 0. The van der Waals surface area contributed by atoms with Gasteiger partial charge in [-0.25, -0.2) is 0 Å². The van der Waals surface area contributed by atoms with E-state index in [1.54, 1.807) is 7.11 Å². The Balaban J connectivity index is 0.00000225. The van der Waals surface area contributed by atoms with E-state index in [4.69, 9.17) is 4.74 Å². The van der Waals surface area contributed by atoms with E-state index >= 15 is 0 Å². The summed E-state index contributed by atoms with van der Waals surface area (Å²) < 4.78 is 5.19. The molecule has 3 N–H and O–H groups in total. The van der Waals surface area contributed by atoms with E-state index in [-0.39, 0.29) is 23.7 Å². The Labute approximate surface area is 154 Å². The largest absolute Gasteiger partial charge is 0.497 e. The lowest BCUT2D eigenvalue weighted by Crippen LogP contribution is -2.37. The molecular formula is C18H25ClN4O2. The highest BCUT2D eigenvalue weighted by Gasteiger charge is 2.25. The van der Waals surface area contributed by atoms with Crippen LogP contribution in [0.1, 0.15) is 41.2 Å². The Morgan fingerprint density at radius 2 is 2.04 bits per heavy atom. The minimum Gasteiger partial charge on any atom is -0.497 e. The summed E-state index contributed by atoms with van der Waals surface area (Å²) in [6.07, 6.45) is 0.882. The molecule has 0 saturated carbocycles. The fourth-order valence-electron chi connectivity index (χ4n) is 2.94. The highest BCUT2D eigenvalue weighted by Crippen LogP contribution is 2.25. The number of aromatic amines is 1. The first-order valence-electron chi connectivity index (χ1n) is 8.21. The number of nitrogens with zero attached hydrogens (tertiary/aromatic N) is 1. The Bertz CT molecular complexity index is 725. The molecule has 0 fully saturated rings. The maximum absolute atomic E-state index is 12.5. The Kier molecular flexibility index (Phi) is 6.08. The Morgan fingerprint density at radius 3 is 2.72 bits per heavy atom. The molecular weight excluding hydrogens is 340 g/mol. The molecule has 1 aliphatic heterocycles. The molecule has 6 nitrogen and oxygen atoms in total. The van der Waals surface area contributed by atoms with E-state index in [0.29, 0.717) is 18.8 Å². The number of carbonyl (C=O) groups excluding carboxylic acids is 1. The Hall–Kier alpha value is -2.05. The first kappa shape index (κ1) is 19.3. The lowest BCUT2D eigenvalue weighted by molar-refractivity contribution is 0.0939. The van der Waals surface area contributed by atoms with Crippen LogP contribution in [0.3, 0.4) is 0 Å². The molecule has 136 valence electrons. The van der Waals surface area contributed by atoms with E-state index in [2.05, 4.69) is 34.7 Å². The zero-order chi connectivity index (χ0) is 17.2. The number of halogens is 1. The van der Waals surface area contributed by atoms with Crippen molar-refractivity contribution in [1.29, 1.82) is 0 Å². The van der Waals surface area contributed by atoms with Gasteiger partial charge in [0.15, 0.2) is 5.69 Å². The second-order valence-corrected chi connectivity index (χ2v) is 6.75. The molecule has 1 amide bonds. The van der Waals surface area contributed by atoms with Crippen LogP contribution in [-0.4, -0.2) is 36.3 Å². The molecule has 3 rings (SSSR count). The molecule has 2 heterocycles. The van der Waals surface area contributed by atoms with Gasteiger partial charge in [-0.05, 0) is 17.7 Å². The normalized spacial score (nSPS) is 13.6. The van der Waals surface area contributed by atoms with Gasteiger partial charge in [0.05, 0.1) is 7.11 Å². The number of rotatable bonds is 5. The van der Waals surface area contributed by atoms with Crippen LogP contribution < -0.4 is 15.4 Å². The number of H-pyrrole nitrogens is 1. The summed E-state index contributed by atoms with van der Waals surface area (Å²) in [7, 11) is 1.65. The number of ether oxygens (including phenoxy) is 1. The molecule has 25 heavy (non-hydrogen) atoms. The van der Waals surface area contributed by atoms with Crippen molar-refractivity contribution in [1.82, 2.24) is 20.8 Å². The predicted octanol–water partition coefficient (Wildman–Crippen LogP) is 2.19. The van der Waals surface area contributed by atoms with Gasteiger partial charge in [-0.15, -0.1) is 12.4 Å². The van der Waals surface area contributed by atoms with Crippen LogP contribution in [0.15, 0.2) is 24.3 Å². The maximum Gasteiger partial charge on any atom is 0.272 e. The van der Waals surface area contributed by atoms with Crippen molar-refractivity contribution in [2.75, 3.05) is 20.2 Å². The zero-order valence-electron chi connectivity index (χ0n) is 14.8. The summed E-state index contributed by atoms with van der Waals surface area (Å²) in [4.78, 5) is 12.5. The van der Waals surface area contributed by atoms with Gasteiger partial charge in [0, 0.05) is 42.7 Å². The second-order valence-electron chi connectivity index (χ2n) is 6.75. The summed E-state index contributed by atoms with van der Waals surface area (Å²) in [6, 6.07) is 7.94. The van der Waals surface area contributed by atoms with E-state index in [1.807, 2.05) is 24.3 Å². The van der Waals surface area contributed by atoms with Crippen molar-refractivity contribution in [3.63, 3.8) is 0 Å². The molecule has 0 saturated heterocycles. The number of hydrogen-bond donors (Lipinski definition) is 3. The topological polar surface area (TPSA) is 79.0 Å². The van der Waals surface area contributed by atoms with Gasteiger partial charge < -0.3 is 15.4 Å². The lowest BCUT2D eigenvalue weighted by atomic mass is 9.84. The number of nitrogens with one attached hydrogen (secondary N) is 3. The SMILES string of the molecule is COc1ccc(C(C)(C)CNC(=O)c2n[nH]c3c2CNCC3)cc1.Cl. The highest BCUT2D eigenvalue weighted by atomic mass is 35.5. The van der Waals surface area contributed by atoms with Crippen molar-refractivity contribution in [3.8, 4) is 5.75 Å². The molecule has 1 aliphatic rings. The summed E-state index contributed by atoms with van der Waals surface area (Å²) in [5.41, 5.74) is 3.52. The third-order valence-electron chi connectivity index (χ3n) is 4.58. The highest BCUT2D eigenvalue weighted by molar-refractivity contribution is 5.94. The number of carbonyl (C=O) groups is 1. The van der Waals surface area contributed by atoms with Crippen LogP contribution in [0.4, 0.5) is 0 Å². The number of hydrogen-bond acceptors (Lipinski definition) is 4. The van der Waals surface area contributed by atoms with E-state index in [0.717, 1.165) is 35.5 Å². The molecule has 0 aliphatic carbocycles. The third kappa shape index (κ3) is 4.14. The lowest BCUT2D eigenvalue weighted by Gasteiger charge is -2.26. The van der Waals surface area contributed by atoms with Gasteiger partial charge in [-0.1, -0.05) is 26.0 Å². The smallest absolute Gasteiger partial charge is 0.272 e.